The van der Waals surface area contributed by atoms with Gasteiger partial charge in [-0.15, -0.1) is 0 Å². The predicted octanol–water partition coefficient (Wildman–Crippen LogP) is 3.79. The third kappa shape index (κ3) is 5.17. The molecule has 2 fully saturated rings. The van der Waals surface area contributed by atoms with Gasteiger partial charge in [-0.25, -0.2) is 13.1 Å². The van der Waals surface area contributed by atoms with Crippen LogP contribution >= 0.6 is 0 Å². The molecule has 0 spiro atoms. The maximum absolute atomic E-state index is 13.1. The summed E-state index contributed by atoms with van der Waals surface area (Å²) >= 11 is 0. The average Bonchev–Trinajstić information content (AvgIpc) is 3.60. The standard InChI is InChI=1S/C24H31N3O3S/c1-16-5-3-4-6-21(16)24(28)26-23-10-9-20(15-22(23)19-7-8-19)31(29,30)27-17(2)18-11-13-25-14-12-18/h3-6,9-10,15,17-19,25,27H,7-8,11-14H2,1-2H3,(H,26,28)/t17-/m1/s1. The van der Waals surface area contributed by atoms with Gasteiger partial charge in [0.05, 0.1) is 4.90 Å². The third-order valence-electron chi connectivity index (χ3n) is 6.42. The molecule has 0 unspecified atom stereocenters. The summed E-state index contributed by atoms with van der Waals surface area (Å²) < 4.78 is 29.0. The van der Waals surface area contributed by atoms with E-state index in [1.54, 1.807) is 24.3 Å². The van der Waals surface area contributed by atoms with E-state index in [2.05, 4.69) is 15.4 Å². The zero-order chi connectivity index (χ0) is 22.0. The minimum Gasteiger partial charge on any atom is -0.322 e. The quantitative estimate of drug-likeness (QED) is 0.610. The Balaban J connectivity index is 1.54. The van der Waals surface area contributed by atoms with Crippen LogP contribution in [-0.4, -0.2) is 33.5 Å². The Morgan fingerprint density at radius 1 is 1.06 bits per heavy atom. The van der Waals surface area contributed by atoms with Crippen molar-refractivity contribution in [2.45, 2.75) is 56.4 Å². The van der Waals surface area contributed by atoms with Crippen LogP contribution < -0.4 is 15.4 Å². The van der Waals surface area contributed by atoms with E-state index in [0.717, 1.165) is 49.9 Å². The molecule has 3 N–H and O–H groups in total. The van der Waals surface area contributed by atoms with Crippen molar-refractivity contribution in [3.8, 4) is 0 Å². The fourth-order valence-corrected chi connectivity index (χ4v) is 5.67. The average molecular weight is 442 g/mol. The Labute approximate surface area is 184 Å². The van der Waals surface area contributed by atoms with Crippen LogP contribution in [0.5, 0.6) is 0 Å². The molecular weight excluding hydrogens is 410 g/mol. The Morgan fingerprint density at radius 2 is 1.77 bits per heavy atom. The maximum atomic E-state index is 13.1. The van der Waals surface area contributed by atoms with E-state index >= 15 is 0 Å². The Bertz CT molecular complexity index is 1060. The summed E-state index contributed by atoms with van der Waals surface area (Å²) in [5, 5.41) is 6.32. The molecule has 1 saturated carbocycles. The summed E-state index contributed by atoms with van der Waals surface area (Å²) in [4.78, 5) is 13.1. The van der Waals surface area contributed by atoms with Gasteiger partial charge in [0.2, 0.25) is 10.0 Å². The van der Waals surface area contributed by atoms with Gasteiger partial charge in [-0.3, -0.25) is 4.79 Å². The molecule has 0 radical (unpaired) electrons. The first-order valence-electron chi connectivity index (χ1n) is 11.1. The second-order valence-electron chi connectivity index (χ2n) is 8.79. The van der Waals surface area contributed by atoms with E-state index in [4.69, 9.17) is 0 Å². The molecule has 1 amide bonds. The van der Waals surface area contributed by atoms with Gasteiger partial charge < -0.3 is 10.6 Å². The number of anilines is 1. The van der Waals surface area contributed by atoms with Gasteiger partial charge in [0.25, 0.3) is 5.91 Å². The minimum atomic E-state index is -3.62. The highest BCUT2D eigenvalue weighted by Gasteiger charge is 2.30. The first-order chi connectivity index (χ1) is 14.8. The van der Waals surface area contributed by atoms with E-state index in [1.807, 2.05) is 32.0 Å². The lowest BCUT2D eigenvalue weighted by Gasteiger charge is -2.28. The van der Waals surface area contributed by atoms with Crippen molar-refractivity contribution >= 4 is 21.6 Å². The number of nitrogens with one attached hydrogen (secondary N) is 3. The van der Waals surface area contributed by atoms with Gasteiger partial charge in [-0.2, -0.15) is 0 Å². The number of benzene rings is 2. The zero-order valence-corrected chi connectivity index (χ0v) is 19.0. The molecule has 0 bridgehead atoms. The maximum Gasteiger partial charge on any atom is 0.255 e. The fourth-order valence-electron chi connectivity index (χ4n) is 4.32. The Hall–Kier alpha value is -2.22. The van der Waals surface area contributed by atoms with Crippen LogP contribution in [0.4, 0.5) is 5.69 Å². The van der Waals surface area contributed by atoms with Crippen LogP contribution in [0.25, 0.3) is 0 Å². The second kappa shape index (κ2) is 9.10. The van der Waals surface area contributed by atoms with Crippen LogP contribution in [0, 0.1) is 12.8 Å². The number of carbonyl (C=O) groups is 1. The van der Waals surface area contributed by atoms with Crippen LogP contribution in [0.2, 0.25) is 0 Å². The highest BCUT2D eigenvalue weighted by atomic mass is 32.2. The number of aryl methyl sites for hydroxylation is 1. The number of piperidine rings is 1. The zero-order valence-electron chi connectivity index (χ0n) is 18.1. The molecule has 6 nitrogen and oxygen atoms in total. The molecule has 2 aromatic carbocycles. The van der Waals surface area contributed by atoms with Crippen molar-refractivity contribution in [1.29, 1.82) is 0 Å². The molecule has 1 heterocycles. The summed E-state index contributed by atoms with van der Waals surface area (Å²) in [6.45, 7) is 5.71. The summed E-state index contributed by atoms with van der Waals surface area (Å²) in [6, 6.07) is 12.4. The summed E-state index contributed by atoms with van der Waals surface area (Å²) in [7, 11) is -3.62. The molecule has 0 aromatic heterocycles. The van der Waals surface area contributed by atoms with Gasteiger partial charge in [0.15, 0.2) is 0 Å². The van der Waals surface area contributed by atoms with Crippen LogP contribution in [0.15, 0.2) is 47.4 Å². The van der Waals surface area contributed by atoms with Gasteiger partial charge >= 0.3 is 0 Å². The Kier molecular flexibility index (Phi) is 6.46. The number of amides is 1. The van der Waals surface area contributed by atoms with E-state index in [0.29, 0.717) is 23.1 Å². The van der Waals surface area contributed by atoms with Crippen molar-refractivity contribution in [1.82, 2.24) is 10.0 Å². The number of carbonyl (C=O) groups excluding carboxylic acids is 1. The molecule has 7 heteroatoms. The number of hydrogen-bond acceptors (Lipinski definition) is 4. The molecule has 4 rings (SSSR count). The normalized spacial score (nSPS) is 18.5. The van der Waals surface area contributed by atoms with E-state index in [1.165, 1.54) is 0 Å². The molecule has 166 valence electrons. The van der Waals surface area contributed by atoms with Crippen LogP contribution in [0.3, 0.4) is 0 Å². The summed E-state index contributed by atoms with van der Waals surface area (Å²) in [5.41, 5.74) is 3.13. The molecule has 31 heavy (non-hydrogen) atoms. The van der Waals surface area contributed by atoms with E-state index < -0.39 is 10.0 Å². The fraction of sp³-hybridized carbons (Fsp3) is 0.458. The van der Waals surface area contributed by atoms with Gasteiger partial charge in [0.1, 0.15) is 0 Å². The third-order valence-corrected chi connectivity index (χ3v) is 7.98. The SMILES string of the molecule is Cc1ccccc1C(=O)Nc1ccc(S(=O)(=O)N[C@H](C)C2CCNCC2)cc1C1CC1. The Morgan fingerprint density at radius 3 is 2.45 bits per heavy atom. The molecular formula is C24H31N3O3S. The summed E-state index contributed by atoms with van der Waals surface area (Å²) in [5.74, 6) is 0.462. The second-order valence-corrected chi connectivity index (χ2v) is 10.5. The highest BCUT2D eigenvalue weighted by molar-refractivity contribution is 7.89. The first kappa shape index (κ1) is 22.0. The monoisotopic (exact) mass is 441 g/mol. The van der Waals surface area contributed by atoms with Crippen LogP contribution in [0.1, 0.15) is 60.0 Å². The minimum absolute atomic E-state index is 0.114. The highest BCUT2D eigenvalue weighted by Crippen LogP contribution is 2.44. The number of rotatable bonds is 7. The summed E-state index contributed by atoms with van der Waals surface area (Å²) in [6.07, 6.45) is 3.97. The van der Waals surface area contributed by atoms with Crippen molar-refractivity contribution in [3.05, 3.63) is 59.2 Å². The molecule has 1 aliphatic heterocycles. The largest absolute Gasteiger partial charge is 0.322 e. The lowest BCUT2D eigenvalue weighted by Crippen LogP contribution is -2.42. The lowest BCUT2D eigenvalue weighted by atomic mass is 9.92. The van der Waals surface area contributed by atoms with E-state index in [-0.39, 0.29) is 16.8 Å². The van der Waals surface area contributed by atoms with Crippen molar-refractivity contribution in [3.63, 3.8) is 0 Å². The molecule has 1 saturated heterocycles. The van der Waals surface area contributed by atoms with Crippen molar-refractivity contribution in [2.75, 3.05) is 18.4 Å². The topological polar surface area (TPSA) is 87.3 Å². The van der Waals surface area contributed by atoms with Crippen LogP contribution in [-0.2, 0) is 10.0 Å². The number of sulfonamides is 1. The predicted molar refractivity (Wildman–Crippen MR) is 123 cm³/mol. The van der Waals surface area contributed by atoms with Crippen molar-refractivity contribution in [2.24, 2.45) is 5.92 Å². The van der Waals surface area contributed by atoms with Gasteiger partial charge in [-0.05, 0) is 99.8 Å². The number of hydrogen-bond donors (Lipinski definition) is 3. The van der Waals surface area contributed by atoms with E-state index in [9.17, 15) is 13.2 Å². The molecule has 2 aromatic rings. The van der Waals surface area contributed by atoms with Crippen molar-refractivity contribution < 1.29 is 13.2 Å². The molecule has 2 aliphatic rings. The molecule has 1 atom stereocenters. The van der Waals surface area contributed by atoms with Gasteiger partial charge in [-0.1, -0.05) is 18.2 Å². The first-order valence-corrected chi connectivity index (χ1v) is 12.6. The molecule has 1 aliphatic carbocycles. The van der Waals surface area contributed by atoms with Gasteiger partial charge in [0, 0.05) is 17.3 Å². The lowest BCUT2D eigenvalue weighted by molar-refractivity contribution is 0.102. The smallest absolute Gasteiger partial charge is 0.255 e.